The number of nitrogens with zero attached hydrogens (tertiary/aromatic N) is 4. The van der Waals surface area contributed by atoms with Crippen LogP contribution in [-0.2, 0) is 17.8 Å². The van der Waals surface area contributed by atoms with Crippen molar-refractivity contribution in [3.05, 3.63) is 42.0 Å². The van der Waals surface area contributed by atoms with Crippen molar-refractivity contribution in [1.82, 2.24) is 19.9 Å². The van der Waals surface area contributed by atoms with Gasteiger partial charge in [-0.3, -0.25) is 9.48 Å². The topological polar surface area (TPSA) is 60.2 Å². The molecule has 1 fully saturated rings. The molecule has 3 rings (SSSR count). The summed E-state index contributed by atoms with van der Waals surface area (Å²) in [6, 6.07) is 4.99. The van der Waals surface area contributed by atoms with Gasteiger partial charge in [0.05, 0.1) is 25.9 Å². The highest BCUT2D eigenvalue weighted by Gasteiger charge is 2.28. The third-order valence-electron chi connectivity index (χ3n) is 4.41. The van der Waals surface area contributed by atoms with E-state index in [4.69, 9.17) is 4.74 Å². The Bertz CT molecular complexity index is 690. The highest BCUT2D eigenvalue weighted by atomic mass is 19.1. The maximum atomic E-state index is 13.7. The average Bonchev–Trinajstić information content (AvgIpc) is 3.25. The Hall–Kier alpha value is -2.44. The van der Waals surface area contributed by atoms with E-state index in [2.05, 4.69) is 10.3 Å². The van der Waals surface area contributed by atoms with Gasteiger partial charge in [-0.25, -0.2) is 4.39 Å². The number of halogens is 1. The summed E-state index contributed by atoms with van der Waals surface area (Å²) in [5.74, 6) is -0.0703. The van der Waals surface area contributed by atoms with Gasteiger partial charge in [-0.15, -0.1) is 5.10 Å². The lowest BCUT2D eigenvalue weighted by Crippen LogP contribution is -2.38. The SMILES string of the molecule is COc1ccc(CCC(=O)N2CCC[C@H]2Cn2ccnn2)cc1F. The lowest BCUT2D eigenvalue weighted by Gasteiger charge is -2.24. The summed E-state index contributed by atoms with van der Waals surface area (Å²) >= 11 is 0. The zero-order valence-electron chi connectivity index (χ0n) is 13.7. The zero-order chi connectivity index (χ0) is 16.9. The number of amides is 1. The Morgan fingerprint density at radius 3 is 3.04 bits per heavy atom. The Labute approximate surface area is 140 Å². The Morgan fingerprint density at radius 1 is 1.46 bits per heavy atom. The molecule has 0 saturated carbocycles. The fourth-order valence-corrected chi connectivity index (χ4v) is 3.16. The van der Waals surface area contributed by atoms with Gasteiger partial charge in [-0.05, 0) is 37.0 Å². The summed E-state index contributed by atoms with van der Waals surface area (Å²) in [6.45, 7) is 1.44. The van der Waals surface area contributed by atoms with Crippen LogP contribution in [0.15, 0.2) is 30.6 Å². The van der Waals surface area contributed by atoms with E-state index in [1.807, 2.05) is 4.90 Å². The number of benzene rings is 1. The molecule has 0 unspecified atom stereocenters. The molecule has 1 aromatic carbocycles. The van der Waals surface area contributed by atoms with Gasteiger partial charge in [-0.1, -0.05) is 11.3 Å². The molecular weight excluding hydrogens is 311 g/mol. The second-order valence-corrected chi connectivity index (χ2v) is 5.98. The number of ether oxygens (including phenoxy) is 1. The maximum absolute atomic E-state index is 13.7. The first-order chi connectivity index (χ1) is 11.7. The van der Waals surface area contributed by atoms with E-state index in [1.165, 1.54) is 13.2 Å². The van der Waals surface area contributed by atoms with Gasteiger partial charge in [0.1, 0.15) is 0 Å². The van der Waals surface area contributed by atoms with Crippen molar-refractivity contribution in [3.63, 3.8) is 0 Å². The number of carbonyl (C=O) groups is 1. The van der Waals surface area contributed by atoms with E-state index < -0.39 is 5.82 Å². The first kappa shape index (κ1) is 16.4. The molecule has 0 bridgehead atoms. The number of carbonyl (C=O) groups excluding carboxylic acids is 1. The Kier molecular flexibility index (Phi) is 5.08. The van der Waals surface area contributed by atoms with Crippen molar-refractivity contribution in [1.29, 1.82) is 0 Å². The van der Waals surface area contributed by atoms with Crippen molar-refractivity contribution in [2.45, 2.75) is 38.3 Å². The molecule has 1 aliphatic heterocycles. The number of methoxy groups -OCH3 is 1. The molecule has 24 heavy (non-hydrogen) atoms. The molecule has 1 saturated heterocycles. The summed E-state index contributed by atoms with van der Waals surface area (Å²) in [5.41, 5.74) is 0.800. The predicted molar refractivity (Wildman–Crippen MR) is 86.0 cm³/mol. The van der Waals surface area contributed by atoms with Gasteiger partial charge in [0.2, 0.25) is 5.91 Å². The molecular formula is C17H21FN4O2. The van der Waals surface area contributed by atoms with Gasteiger partial charge in [0.15, 0.2) is 11.6 Å². The lowest BCUT2D eigenvalue weighted by molar-refractivity contribution is -0.132. The Balaban J connectivity index is 1.56. The number of hydrogen-bond donors (Lipinski definition) is 0. The smallest absolute Gasteiger partial charge is 0.223 e. The van der Waals surface area contributed by atoms with Crippen LogP contribution in [-0.4, -0.2) is 45.5 Å². The van der Waals surface area contributed by atoms with Crippen LogP contribution in [0.3, 0.4) is 0 Å². The number of rotatable bonds is 6. The van der Waals surface area contributed by atoms with Crippen molar-refractivity contribution in [2.24, 2.45) is 0 Å². The minimum Gasteiger partial charge on any atom is -0.494 e. The molecule has 0 aliphatic carbocycles. The summed E-state index contributed by atoms with van der Waals surface area (Å²) in [5, 5.41) is 7.76. The standard InChI is InChI=1S/C17H21FN4O2/c1-24-16-6-4-13(11-15(16)18)5-7-17(23)22-9-2-3-14(22)12-21-10-8-19-20-21/h4,6,8,10-11,14H,2-3,5,7,9,12H2,1H3/t14-/m0/s1. The van der Waals surface area contributed by atoms with Crippen molar-refractivity contribution >= 4 is 5.91 Å². The normalized spacial score (nSPS) is 17.2. The van der Waals surface area contributed by atoms with Gasteiger partial charge in [0, 0.05) is 19.2 Å². The molecule has 128 valence electrons. The predicted octanol–water partition coefficient (Wildman–Crippen LogP) is 2.05. The van der Waals surface area contributed by atoms with Crippen molar-refractivity contribution in [3.8, 4) is 5.75 Å². The monoisotopic (exact) mass is 332 g/mol. The van der Waals surface area contributed by atoms with Crippen LogP contribution in [0.1, 0.15) is 24.8 Å². The van der Waals surface area contributed by atoms with Crippen molar-refractivity contribution < 1.29 is 13.9 Å². The third-order valence-corrected chi connectivity index (χ3v) is 4.41. The lowest BCUT2D eigenvalue weighted by atomic mass is 10.1. The van der Waals surface area contributed by atoms with E-state index in [1.54, 1.807) is 29.2 Å². The van der Waals surface area contributed by atoms with E-state index in [0.717, 1.165) is 24.9 Å². The zero-order valence-corrected chi connectivity index (χ0v) is 13.7. The number of likely N-dealkylation sites (tertiary alicyclic amines) is 1. The molecule has 0 N–H and O–H groups in total. The molecule has 1 aromatic heterocycles. The third kappa shape index (κ3) is 3.72. The summed E-state index contributed by atoms with van der Waals surface area (Å²) in [7, 11) is 1.43. The van der Waals surface area contributed by atoms with Gasteiger partial charge in [0.25, 0.3) is 0 Å². The molecule has 1 aliphatic rings. The molecule has 7 heteroatoms. The molecule has 2 heterocycles. The van der Waals surface area contributed by atoms with Crippen LogP contribution in [0.5, 0.6) is 5.75 Å². The molecule has 6 nitrogen and oxygen atoms in total. The molecule has 0 radical (unpaired) electrons. The van der Waals surface area contributed by atoms with E-state index in [0.29, 0.717) is 19.4 Å². The van der Waals surface area contributed by atoms with E-state index in [9.17, 15) is 9.18 Å². The van der Waals surface area contributed by atoms with Crippen LogP contribution in [0.25, 0.3) is 0 Å². The summed E-state index contributed by atoms with van der Waals surface area (Å²) in [6.07, 6.45) is 6.32. The maximum Gasteiger partial charge on any atom is 0.223 e. The molecule has 1 amide bonds. The van der Waals surface area contributed by atoms with Crippen LogP contribution in [0.4, 0.5) is 4.39 Å². The quantitative estimate of drug-likeness (QED) is 0.812. The summed E-state index contributed by atoms with van der Waals surface area (Å²) < 4.78 is 20.4. The fourth-order valence-electron chi connectivity index (χ4n) is 3.16. The Morgan fingerprint density at radius 2 is 2.33 bits per heavy atom. The number of aromatic nitrogens is 3. The van der Waals surface area contributed by atoms with Crippen LogP contribution < -0.4 is 4.74 Å². The van der Waals surface area contributed by atoms with Crippen LogP contribution in [0.2, 0.25) is 0 Å². The minimum atomic E-state index is -0.396. The molecule has 1 atom stereocenters. The van der Waals surface area contributed by atoms with Crippen molar-refractivity contribution in [2.75, 3.05) is 13.7 Å². The first-order valence-electron chi connectivity index (χ1n) is 8.13. The minimum absolute atomic E-state index is 0.105. The second kappa shape index (κ2) is 7.42. The largest absolute Gasteiger partial charge is 0.494 e. The number of aryl methyl sites for hydroxylation is 1. The van der Waals surface area contributed by atoms with Crippen LogP contribution in [0, 0.1) is 5.82 Å². The van der Waals surface area contributed by atoms with Gasteiger partial charge >= 0.3 is 0 Å². The van der Waals surface area contributed by atoms with E-state index >= 15 is 0 Å². The number of hydrogen-bond acceptors (Lipinski definition) is 4. The molecule has 0 spiro atoms. The second-order valence-electron chi connectivity index (χ2n) is 5.98. The highest BCUT2D eigenvalue weighted by Crippen LogP contribution is 2.22. The highest BCUT2D eigenvalue weighted by molar-refractivity contribution is 5.77. The summed E-state index contributed by atoms with van der Waals surface area (Å²) in [4.78, 5) is 14.4. The fraction of sp³-hybridized carbons (Fsp3) is 0.471. The van der Waals surface area contributed by atoms with E-state index in [-0.39, 0.29) is 17.7 Å². The first-order valence-corrected chi connectivity index (χ1v) is 8.13. The van der Waals surface area contributed by atoms with Gasteiger partial charge < -0.3 is 9.64 Å². The van der Waals surface area contributed by atoms with Gasteiger partial charge in [-0.2, -0.15) is 0 Å². The average molecular weight is 332 g/mol. The van der Waals surface area contributed by atoms with Crippen LogP contribution >= 0.6 is 0 Å². The molecule has 2 aromatic rings.